The first-order valence-electron chi connectivity index (χ1n) is 7.11. The highest BCUT2D eigenvalue weighted by Crippen LogP contribution is 2.21. The molecule has 1 amide bonds. The number of carbonyl (C=O) groups is 1. The number of halogens is 1. The molecule has 0 radical (unpaired) electrons. The van der Waals surface area contributed by atoms with Gasteiger partial charge in [-0.1, -0.05) is 0 Å². The van der Waals surface area contributed by atoms with Crippen molar-refractivity contribution < 1.29 is 9.18 Å². The molecule has 0 unspecified atom stereocenters. The summed E-state index contributed by atoms with van der Waals surface area (Å²) in [6, 6.07) is 4.78. The first-order chi connectivity index (χ1) is 11.0. The predicted molar refractivity (Wildman–Crippen MR) is 84.1 cm³/mol. The van der Waals surface area contributed by atoms with E-state index >= 15 is 0 Å². The van der Waals surface area contributed by atoms with E-state index in [-0.39, 0.29) is 18.3 Å². The molecular weight excluding hydrogens is 297 g/mol. The molecule has 0 saturated carbocycles. The maximum Gasteiger partial charge on any atom is 0.243 e. The summed E-state index contributed by atoms with van der Waals surface area (Å²) < 4.78 is 14.9. The lowest BCUT2D eigenvalue weighted by Gasteiger charge is -2.10. The number of likely N-dealkylation sites (N-methyl/N-ethyl adjacent to an activating group) is 1. The molecule has 0 aliphatic rings. The number of fused-ring (bicyclic) bond motifs is 1. The van der Waals surface area contributed by atoms with Crippen molar-refractivity contribution in [3.8, 4) is 11.3 Å². The van der Waals surface area contributed by atoms with Gasteiger partial charge in [0.2, 0.25) is 5.91 Å². The monoisotopic (exact) mass is 313 g/mol. The molecule has 0 spiro atoms. The van der Waals surface area contributed by atoms with Crippen molar-refractivity contribution in [1.29, 1.82) is 0 Å². The lowest BCUT2D eigenvalue weighted by atomic mass is 10.1. The fourth-order valence-electron chi connectivity index (χ4n) is 2.18. The maximum atomic E-state index is 13.4. The molecule has 0 aliphatic heterocycles. The molecule has 3 aromatic rings. The van der Waals surface area contributed by atoms with Gasteiger partial charge in [0, 0.05) is 19.7 Å². The third-order valence-electron chi connectivity index (χ3n) is 3.58. The van der Waals surface area contributed by atoms with Gasteiger partial charge in [0.1, 0.15) is 17.9 Å². The topological polar surface area (TPSA) is 63.9 Å². The summed E-state index contributed by atoms with van der Waals surface area (Å²) >= 11 is 0. The molecule has 1 aromatic carbocycles. The number of aryl methyl sites for hydroxylation is 1. The Morgan fingerprint density at radius 3 is 2.78 bits per heavy atom. The zero-order valence-electron chi connectivity index (χ0n) is 13.1. The van der Waals surface area contributed by atoms with Crippen molar-refractivity contribution in [2.45, 2.75) is 13.5 Å². The highest BCUT2D eigenvalue weighted by atomic mass is 19.1. The Morgan fingerprint density at radius 1 is 1.30 bits per heavy atom. The van der Waals surface area contributed by atoms with Crippen LogP contribution in [0.3, 0.4) is 0 Å². The fraction of sp³-hybridized carbons (Fsp3) is 0.250. The van der Waals surface area contributed by atoms with E-state index in [2.05, 4.69) is 15.1 Å². The second kappa shape index (κ2) is 5.75. The van der Waals surface area contributed by atoms with Crippen molar-refractivity contribution in [3.63, 3.8) is 0 Å². The van der Waals surface area contributed by atoms with Gasteiger partial charge in [0.25, 0.3) is 0 Å². The minimum Gasteiger partial charge on any atom is -0.347 e. The van der Waals surface area contributed by atoms with Crippen molar-refractivity contribution in [3.05, 3.63) is 42.0 Å². The van der Waals surface area contributed by atoms with Crippen LogP contribution in [-0.2, 0) is 11.3 Å². The molecule has 0 aliphatic carbocycles. The number of amides is 1. The molecule has 2 aromatic heterocycles. The molecule has 0 saturated heterocycles. The van der Waals surface area contributed by atoms with Crippen molar-refractivity contribution in [2.24, 2.45) is 0 Å². The first-order valence-corrected chi connectivity index (χ1v) is 7.11. The summed E-state index contributed by atoms with van der Waals surface area (Å²) in [4.78, 5) is 22.2. The van der Waals surface area contributed by atoms with Gasteiger partial charge in [-0.3, -0.25) is 4.79 Å². The third-order valence-corrected chi connectivity index (χ3v) is 3.58. The number of hydrogen-bond acceptors (Lipinski definition) is 4. The van der Waals surface area contributed by atoms with Gasteiger partial charge in [-0.05, 0) is 30.7 Å². The van der Waals surface area contributed by atoms with E-state index in [4.69, 9.17) is 0 Å². The van der Waals surface area contributed by atoms with Crippen LogP contribution >= 0.6 is 0 Å². The second-order valence-electron chi connectivity index (χ2n) is 5.52. The van der Waals surface area contributed by atoms with Crippen LogP contribution in [0.1, 0.15) is 5.56 Å². The zero-order valence-corrected chi connectivity index (χ0v) is 13.1. The normalized spacial score (nSPS) is 11.0. The van der Waals surface area contributed by atoms with E-state index in [0.717, 1.165) is 5.56 Å². The average molecular weight is 313 g/mol. The number of nitrogens with zero attached hydrogens (tertiary/aromatic N) is 5. The van der Waals surface area contributed by atoms with Gasteiger partial charge >= 0.3 is 0 Å². The second-order valence-corrected chi connectivity index (χ2v) is 5.52. The summed E-state index contributed by atoms with van der Waals surface area (Å²) in [5, 5.41) is 4.17. The number of rotatable bonds is 3. The number of benzene rings is 1. The van der Waals surface area contributed by atoms with E-state index in [9.17, 15) is 9.18 Å². The standard InChI is InChI=1S/C16H16FN5O/c1-10-6-11(4-5-12(10)17)13-7-18-14-8-19-22(16(14)20-13)9-15(23)21(2)3/h4-8H,9H2,1-3H3. The predicted octanol–water partition coefficient (Wildman–Crippen LogP) is 2.03. The van der Waals surface area contributed by atoms with Gasteiger partial charge in [-0.15, -0.1) is 0 Å². The molecule has 118 valence electrons. The van der Waals surface area contributed by atoms with Crippen LogP contribution < -0.4 is 0 Å². The van der Waals surface area contributed by atoms with Crippen LogP contribution in [0.25, 0.3) is 22.4 Å². The van der Waals surface area contributed by atoms with Gasteiger partial charge in [-0.25, -0.2) is 19.0 Å². The Balaban J connectivity index is 2.03. The zero-order chi connectivity index (χ0) is 16.6. The number of carbonyl (C=O) groups excluding carboxylic acids is 1. The molecular formula is C16H16FN5O. The smallest absolute Gasteiger partial charge is 0.243 e. The number of aromatic nitrogens is 4. The summed E-state index contributed by atoms with van der Waals surface area (Å²) in [7, 11) is 3.37. The molecule has 0 fully saturated rings. The van der Waals surface area contributed by atoms with Gasteiger partial charge in [-0.2, -0.15) is 5.10 Å². The minimum atomic E-state index is -0.260. The van der Waals surface area contributed by atoms with Crippen LogP contribution in [0.15, 0.2) is 30.6 Å². The molecule has 0 N–H and O–H groups in total. The van der Waals surface area contributed by atoms with E-state index in [1.807, 2.05) is 0 Å². The summed E-state index contributed by atoms with van der Waals surface area (Å²) in [6.07, 6.45) is 3.19. The van der Waals surface area contributed by atoms with Crippen molar-refractivity contribution >= 4 is 17.1 Å². The lowest BCUT2D eigenvalue weighted by Crippen LogP contribution is -2.26. The van der Waals surface area contributed by atoms with Crippen molar-refractivity contribution in [1.82, 2.24) is 24.6 Å². The first kappa shape index (κ1) is 15.1. The van der Waals surface area contributed by atoms with Crippen LogP contribution in [0.5, 0.6) is 0 Å². The fourth-order valence-corrected chi connectivity index (χ4v) is 2.18. The van der Waals surface area contributed by atoms with Crippen molar-refractivity contribution in [2.75, 3.05) is 14.1 Å². The molecule has 6 nitrogen and oxygen atoms in total. The molecule has 0 atom stereocenters. The van der Waals surface area contributed by atoms with Crippen LogP contribution in [0.4, 0.5) is 4.39 Å². The molecule has 23 heavy (non-hydrogen) atoms. The SMILES string of the molecule is Cc1cc(-c2cnc3cnn(CC(=O)N(C)C)c3n2)ccc1F. The highest BCUT2D eigenvalue weighted by Gasteiger charge is 2.12. The Hall–Kier alpha value is -2.83. The van der Waals surface area contributed by atoms with Crippen LogP contribution in [-0.4, -0.2) is 44.7 Å². The summed E-state index contributed by atoms with van der Waals surface area (Å²) in [5.74, 6) is -0.343. The van der Waals surface area contributed by atoms with E-state index < -0.39 is 0 Å². The Kier molecular flexibility index (Phi) is 3.77. The Morgan fingerprint density at radius 2 is 2.09 bits per heavy atom. The van der Waals surface area contributed by atoms with Gasteiger partial charge in [0.15, 0.2) is 5.65 Å². The van der Waals surface area contributed by atoms with E-state index in [1.54, 1.807) is 45.5 Å². The number of hydrogen-bond donors (Lipinski definition) is 0. The molecule has 0 bridgehead atoms. The third kappa shape index (κ3) is 2.90. The molecule has 3 rings (SSSR count). The minimum absolute atomic E-state index is 0.0835. The lowest BCUT2D eigenvalue weighted by molar-refractivity contribution is -0.129. The average Bonchev–Trinajstić information content (AvgIpc) is 2.92. The summed E-state index contributed by atoms with van der Waals surface area (Å²) in [5.41, 5.74) is 3.06. The molecule has 2 heterocycles. The largest absolute Gasteiger partial charge is 0.347 e. The highest BCUT2D eigenvalue weighted by molar-refractivity contribution is 5.79. The molecule has 7 heteroatoms. The quantitative estimate of drug-likeness (QED) is 0.742. The van der Waals surface area contributed by atoms with Crippen LogP contribution in [0, 0.1) is 12.7 Å². The van der Waals surface area contributed by atoms with Crippen LogP contribution in [0.2, 0.25) is 0 Å². The summed E-state index contributed by atoms with van der Waals surface area (Å²) in [6.45, 7) is 1.79. The Labute approximate surface area is 132 Å². The van der Waals surface area contributed by atoms with Gasteiger partial charge in [0.05, 0.1) is 18.1 Å². The van der Waals surface area contributed by atoms with E-state index in [1.165, 1.54) is 15.6 Å². The Bertz CT molecular complexity index is 887. The van der Waals surface area contributed by atoms with Gasteiger partial charge < -0.3 is 4.90 Å². The maximum absolute atomic E-state index is 13.4. The van der Waals surface area contributed by atoms with E-state index in [0.29, 0.717) is 22.4 Å².